The molecule has 0 bridgehead atoms. The van der Waals surface area contributed by atoms with E-state index in [4.69, 9.17) is 17.0 Å². The summed E-state index contributed by atoms with van der Waals surface area (Å²) in [6.07, 6.45) is 0.568. The van der Waals surface area contributed by atoms with E-state index in [0.29, 0.717) is 18.7 Å². The first kappa shape index (κ1) is 19.8. The van der Waals surface area contributed by atoms with E-state index in [1.807, 2.05) is 31.2 Å². The average Bonchev–Trinajstić information content (AvgIpc) is 3.11. The lowest BCUT2D eigenvalue weighted by atomic mass is 9.99. The fourth-order valence-corrected chi connectivity index (χ4v) is 3.31. The molecule has 1 aliphatic heterocycles. The number of aromatic hydroxyl groups is 1. The van der Waals surface area contributed by atoms with Crippen LogP contribution in [0.15, 0.2) is 34.2 Å². The number of nitrogens with one attached hydrogen (secondary N) is 1. The zero-order chi connectivity index (χ0) is 20.4. The summed E-state index contributed by atoms with van der Waals surface area (Å²) in [5.74, 6) is 0.290. The zero-order valence-electron chi connectivity index (χ0n) is 15.9. The second kappa shape index (κ2) is 7.97. The zero-order valence-corrected chi connectivity index (χ0v) is 16.7. The number of aromatic amines is 1. The number of hydrogen-bond donors (Lipinski definition) is 2. The third-order valence-corrected chi connectivity index (χ3v) is 5.00. The van der Waals surface area contributed by atoms with E-state index in [1.165, 1.54) is 9.58 Å². The Balaban J connectivity index is 2.03. The van der Waals surface area contributed by atoms with Crippen LogP contribution in [0.3, 0.4) is 0 Å². The first-order chi connectivity index (χ1) is 13.4. The molecule has 1 amide bonds. The van der Waals surface area contributed by atoms with Crippen LogP contribution in [0.4, 0.5) is 0 Å². The molecule has 28 heavy (non-hydrogen) atoms. The lowest BCUT2D eigenvalue weighted by Crippen LogP contribution is -2.26. The molecule has 1 aromatic carbocycles. The Morgan fingerprint density at radius 1 is 1.36 bits per heavy atom. The molecule has 0 saturated carbocycles. The number of hydrogen-bond acceptors (Lipinski definition) is 6. The Bertz CT molecular complexity index is 1040. The van der Waals surface area contributed by atoms with Gasteiger partial charge in [0, 0.05) is 19.9 Å². The molecule has 0 saturated heterocycles. The summed E-state index contributed by atoms with van der Waals surface area (Å²) in [4.78, 5) is 27.4. The van der Waals surface area contributed by atoms with Crippen molar-refractivity contribution in [3.05, 3.63) is 50.5 Å². The summed E-state index contributed by atoms with van der Waals surface area (Å²) >= 11 is 5.01. The molecule has 1 aromatic heterocycles. The van der Waals surface area contributed by atoms with Gasteiger partial charge in [-0.25, -0.2) is 5.01 Å². The Morgan fingerprint density at radius 2 is 2.04 bits per heavy atom. The molecule has 8 nitrogen and oxygen atoms in total. The summed E-state index contributed by atoms with van der Waals surface area (Å²) < 4.78 is 6.87. The van der Waals surface area contributed by atoms with Gasteiger partial charge in [0.15, 0.2) is 4.77 Å². The summed E-state index contributed by atoms with van der Waals surface area (Å²) in [7, 11) is 1.55. The minimum absolute atomic E-state index is 0.0263. The molecule has 0 unspecified atom stereocenters. The molecule has 0 spiro atoms. The number of H-pyrrole nitrogens is 1. The van der Waals surface area contributed by atoms with Crippen LogP contribution >= 0.6 is 12.2 Å². The lowest BCUT2D eigenvalue weighted by molar-refractivity contribution is -0.132. The van der Waals surface area contributed by atoms with Crippen LogP contribution in [0, 0.1) is 4.77 Å². The van der Waals surface area contributed by atoms with E-state index in [2.05, 4.69) is 10.1 Å². The van der Waals surface area contributed by atoms with Crippen molar-refractivity contribution in [1.82, 2.24) is 14.6 Å². The smallest absolute Gasteiger partial charge is 0.264 e. The van der Waals surface area contributed by atoms with Crippen molar-refractivity contribution in [3.63, 3.8) is 0 Å². The van der Waals surface area contributed by atoms with Crippen LogP contribution < -0.4 is 10.3 Å². The van der Waals surface area contributed by atoms with Crippen LogP contribution in [0.5, 0.6) is 11.6 Å². The second-order valence-electron chi connectivity index (χ2n) is 6.38. The maximum Gasteiger partial charge on any atom is 0.264 e. The molecular formula is C19H22N4O4S. The minimum Gasteiger partial charge on any atom is -0.494 e. The van der Waals surface area contributed by atoms with E-state index in [9.17, 15) is 14.7 Å². The van der Waals surface area contributed by atoms with E-state index < -0.39 is 5.56 Å². The third-order valence-electron chi connectivity index (χ3n) is 4.63. The second-order valence-corrected chi connectivity index (χ2v) is 6.76. The standard InChI is InChI=1S/C19H22N4O4S/c1-4-15(24)23-14(11-6-8-12(9-7-11)27-5-2)10-13(21-23)16-17(25)20-19(28)22(3)18(16)26/h6-9,14,26H,4-5,10H2,1-3H3,(H,20,25,28)/t14-/m0/s1. The van der Waals surface area contributed by atoms with Crippen LogP contribution in [-0.2, 0) is 11.8 Å². The molecule has 9 heteroatoms. The van der Waals surface area contributed by atoms with E-state index in [-0.39, 0.29) is 34.6 Å². The molecule has 0 fully saturated rings. The number of hydrazone groups is 1. The summed E-state index contributed by atoms with van der Waals surface area (Å²) in [6.45, 7) is 4.22. The van der Waals surface area contributed by atoms with Gasteiger partial charge in [0.05, 0.1) is 18.4 Å². The SMILES string of the molecule is CCOc1ccc([C@@H]2CC(c3c(O)n(C)c(=S)[nH]c3=O)=NN2C(=O)CC)cc1. The minimum atomic E-state index is -0.532. The van der Waals surface area contributed by atoms with Gasteiger partial charge in [0.2, 0.25) is 11.8 Å². The molecule has 3 rings (SSSR count). The third kappa shape index (κ3) is 3.57. The number of carbonyl (C=O) groups is 1. The van der Waals surface area contributed by atoms with Gasteiger partial charge in [-0.2, -0.15) is 5.10 Å². The highest BCUT2D eigenvalue weighted by Crippen LogP contribution is 2.34. The fourth-order valence-electron chi connectivity index (χ4n) is 3.13. The number of carbonyl (C=O) groups excluding carboxylic acids is 1. The predicted molar refractivity (Wildman–Crippen MR) is 107 cm³/mol. The highest BCUT2D eigenvalue weighted by atomic mass is 32.1. The largest absolute Gasteiger partial charge is 0.494 e. The van der Waals surface area contributed by atoms with Crippen molar-refractivity contribution >= 4 is 23.8 Å². The van der Waals surface area contributed by atoms with Crippen molar-refractivity contribution in [3.8, 4) is 11.6 Å². The van der Waals surface area contributed by atoms with Gasteiger partial charge in [-0.05, 0) is 36.8 Å². The normalized spacial score (nSPS) is 16.2. The first-order valence-electron chi connectivity index (χ1n) is 9.02. The molecule has 0 aliphatic carbocycles. The maximum atomic E-state index is 12.5. The molecule has 2 heterocycles. The number of amides is 1. The predicted octanol–water partition coefficient (Wildman–Crippen LogP) is 2.63. The highest BCUT2D eigenvalue weighted by Gasteiger charge is 2.34. The van der Waals surface area contributed by atoms with Gasteiger partial charge in [-0.1, -0.05) is 19.1 Å². The monoisotopic (exact) mass is 402 g/mol. The summed E-state index contributed by atoms with van der Waals surface area (Å²) in [6, 6.07) is 7.05. The van der Waals surface area contributed by atoms with Gasteiger partial charge < -0.3 is 9.84 Å². The van der Waals surface area contributed by atoms with Crippen LogP contribution in [0.1, 0.15) is 43.9 Å². The Hall–Kier alpha value is -2.94. The van der Waals surface area contributed by atoms with Crippen molar-refractivity contribution in [1.29, 1.82) is 0 Å². The van der Waals surface area contributed by atoms with Crippen LogP contribution in [0.25, 0.3) is 0 Å². The number of aromatic nitrogens is 2. The van der Waals surface area contributed by atoms with Gasteiger partial charge in [0.25, 0.3) is 5.56 Å². The summed E-state index contributed by atoms with van der Waals surface area (Å²) in [5.41, 5.74) is 0.697. The lowest BCUT2D eigenvalue weighted by Gasteiger charge is -2.21. The number of nitrogens with zero attached hydrogens (tertiary/aromatic N) is 3. The van der Waals surface area contributed by atoms with Crippen molar-refractivity contribution in [2.75, 3.05) is 6.61 Å². The molecular weight excluding hydrogens is 380 g/mol. The number of benzene rings is 1. The Labute approximate surface area is 167 Å². The average molecular weight is 402 g/mol. The number of rotatable bonds is 5. The quantitative estimate of drug-likeness (QED) is 0.749. The molecule has 2 aromatic rings. The van der Waals surface area contributed by atoms with E-state index in [0.717, 1.165) is 11.3 Å². The highest BCUT2D eigenvalue weighted by molar-refractivity contribution is 7.71. The number of ether oxygens (including phenoxy) is 1. The Morgan fingerprint density at radius 3 is 2.64 bits per heavy atom. The maximum absolute atomic E-state index is 12.5. The Kier molecular flexibility index (Phi) is 5.64. The summed E-state index contributed by atoms with van der Waals surface area (Å²) in [5, 5.41) is 16.2. The van der Waals surface area contributed by atoms with Gasteiger partial charge in [-0.3, -0.25) is 19.1 Å². The van der Waals surface area contributed by atoms with E-state index in [1.54, 1.807) is 14.0 Å². The van der Waals surface area contributed by atoms with Crippen molar-refractivity contribution < 1.29 is 14.6 Å². The fraction of sp³-hybridized carbons (Fsp3) is 0.368. The molecule has 148 valence electrons. The van der Waals surface area contributed by atoms with Gasteiger partial charge >= 0.3 is 0 Å². The first-order valence-corrected chi connectivity index (χ1v) is 9.43. The van der Waals surface area contributed by atoms with Crippen molar-refractivity contribution in [2.45, 2.75) is 32.7 Å². The van der Waals surface area contributed by atoms with Crippen LogP contribution in [0.2, 0.25) is 0 Å². The van der Waals surface area contributed by atoms with Gasteiger partial charge in [0.1, 0.15) is 11.3 Å². The molecule has 1 atom stereocenters. The van der Waals surface area contributed by atoms with Gasteiger partial charge in [-0.15, -0.1) is 0 Å². The molecule has 2 N–H and O–H groups in total. The van der Waals surface area contributed by atoms with Crippen molar-refractivity contribution in [2.24, 2.45) is 12.1 Å². The van der Waals surface area contributed by atoms with E-state index >= 15 is 0 Å². The molecule has 0 radical (unpaired) electrons. The van der Waals surface area contributed by atoms with Crippen LogP contribution in [-0.4, -0.2) is 37.9 Å². The molecule has 1 aliphatic rings. The topological polar surface area (TPSA) is 99.9 Å².